The number of anilines is 1. The van der Waals surface area contributed by atoms with Crippen molar-refractivity contribution in [1.82, 2.24) is 10.4 Å². The minimum Gasteiger partial charge on any atom is -0.273 e. The number of azo groups is 1. The molecule has 3 aliphatic carbocycles. The van der Waals surface area contributed by atoms with Crippen LogP contribution in [0.25, 0.3) is 0 Å². The number of amides is 2. The molecule has 1 fully saturated rings. The Labute approximate surface area is 211 Å². The highest BCUT2D eigenvalue weighted by Gasteiger charge is 2.58. The smallest absolute Gasteiger partial charge is 0.252 e. The van der Waals surface area contributed by atoms with Crippen LogP contribution in [0.1, 0.15) is 39.8 Å². The first-order valence-electron chi connectivity index (χ1n) is 11.9. The molecule has 2 amide bonds. The molecule has 1 saturated heterocycles. The lowest BCUT2D eigenvalue weighted by Gasteiger charge is -2.52. The Hall–Kier alpha value is -4.17. The topological polar surface area (TPSA) is 87.0 Å². The Morgan fingerprint density at radius 2 is 1.33 bits per heavy atom. The van der Waals surface area contributed by atoms with Crippen molar-refractivity contribution in [3.8, 4) is 0 Å². The van der Waals surface area contributed by atoms with E-state index in [1.54, 1.807) is 0 Å². The summed E-state index contributed by atoms with van der Waals surface area (Å²) >= 11 is 1.24. The number of rotatable bonds is 3. The zero-order valence-corrected chi connectivity index (χ0v) is 20.1. The number of hydrogen-bond acceptors (Lipinski definition) is 6. The summed E-state index contributed by atoms with van der Waals surface area (Å²) < 4.78 is 0. The molecule has 1 aliphatic heterocycles. The summed E-state index contributed by atoms with van der Waals surface area (Å²) in [4.78, 5) is 32.2. The molecule has 0 saturated carbocycles. The van der Waals surface area contributed by atoms with Gasteiger partial charge in [-0.15, -0.1) is 10.2 Å². The van der Waals surface area contributed by atoms with Crippen LogP contribution in [-0.4, -0.2) is 16.8 Å². The highest BCUT2D eigenvalue weighted by molar-refractivity contribution is 7.19. The van der Waals surface area contributed by atoms with Crippen LogP contribution in [0.4, 0.5) is 15.8 Å². The largest absolute Gasteiger partial charge is 0.273 e. The third-order valence-electron chi connectivity index (χ3n) is 7.43. The van der Waals surface area contributed by atoms with E-state index in [2.05, 4.69) is 44.9 Å². The molecule has 0 radical (unpaired) electrons. The van der Waals surface area contributed by atoms with Gasteiger partial charge in [0.25, 0.3) is 5.91 Å². The maximum Gasteiger partial charge on any atom is 0.252 e. The van der Waals surface area contributed by atoms with E-state index in [0.717, 1.165) is 27.9 Å². The molecule has 3 aromatic carbocycles. The van der Waals surface area contributed by atoms with E-state index in [1.165, 1.54) is 16.3 Å². The Balaban J connectivity index is 1.28. The number of aryl methyl sites for hydroxylation is 1. The molecule has 0 spiro atoms. The fourth-order valence-electron chi connectivity index (χ4n) is 5.98. The SMILES string of the molecule is Cc1nc(N2NC(=O)C3C4c5ccccc5C(c5ccccc54)C3C2=O)sc1N=Nc1ccccc1. The van der Waals surface area contributed by atoms with Crippen LogP contribution >= 0.6 is 11.3 Å². The van der Waals surface area contributed by atoms with Gasteiger partial charge in [-0.2, -0.15) is 5.01 Å². The quantitative estimate of drug-likeness (QED) is 0.369. The third kappa shape index (κ3) is 3.01. The molecule has 2 unspecified atom stereocenters. The summed E-state index contributed by atoms with van der Waals surface area (Å²) in [6, 6.07) is 25.9. The minimum absolute atomic E-state index is 0.140. The van der Waals surface area contributed by atoms with Crippen molar-refractivity contribution in [2.75, 3.05) is 5.01 Å². The number of aromatic nitrogens is 1. The number of thiazole rings is 1. The van der Waals surface area contributed by atoms with Gasteiger partial charge in [-0.3, -0.25) is 15.0 Å². The van der Waals surface area contributed by atoms with Crippen LogP contribution in [0.3, 0.4) is 0 Å². The van der Waals surface area contributed by atoms with Crippen molar-refractivity contribution >= 4 is 39.0 Å². The van der Waals surface area contributed by atoms with Gasteiger partial charge in [-0.1, -0.05) is 78.1 Å². The van der Waals surface area contributed by atoms with Gasteiger partial charge in [0.05, 0.1) is 23.2 Å². The highest BCUT2D eigenvalue weighted by Crippen LogP contribution is 2.59. The van der Waals surface area contributed by atoms with E-state index >= 15 is 0 Å². The van der Waals surface area contributed by atoms with Crippen molar-refractivity contribution < 1.29 is 9.59 Å². The molecule has 2 atom stereocenters. The lowest BCUT2D eigenvalue weighted by atomic mass is 9.53. The molecule has 4 aromatic rings. The summed E-state index contributed by atoms with van der Waals surface area (Å²) in [6.07, 6.45) is 0. The number of carbonyl (C=O) groups is 2. The lowest BCUT2D eigenvalue weighted by Crippen LogP contribution is -2.64. The molecule has 4 aliphatic rings. The second kappa shape index (κ2) is 7.93. The van der Waals surface area contributed by atoms with Crippen LogP contribution in [0.15, 0.2) is 89.1 Å². The predicted molar refractivity (Wildman–Crippen MR) is 137 cm³/mol. The van der Waals surface area contributed by atoms with E-state index in [9.17, 15) is 9.59 Å². The minimum atomic E-state index is -0.493. The summed E-state index contributed by atoms with van der Waals surface area (Å²) in [5.41, 5.74) is 8.81. The van der Waals surface area contributed by atoms with Crippen LogP contribution < -0.4 is 10.4 Å². The van der Waals surface area contributed by atoms with E-state index in [1.807, 2.05) is 61.5 Å². The van der Waals surface area contributed by atoms with Gasteiger partial charge in [0.1, 0.15) is 0 Å². The second-order valence-corrected chi connectivity index (χ2v) is 10.3. The van der Waals surface area contributed by atoms with E-state index in [-0.39, 0.29) is 23.7 Å². The molecule has 176 valence electrons. The number of carbonyl (C=O) groups excluding carboxylic acids is 2. The molecule has 7 nitrogen and oxygen atoms in total. The summed E-state index contributed by atoms with van der Waals surface area (Å²) in [7, 11) is 0. The van der Waals surface area contributed by atoms with E-state index < -0.39 is 11.8 Å². The first-order valence-corrected chi connectivity index (χ1v) is 12.7. The predicted octanol–water partition coefficient (Wildman–Crippen LogP) is 5.77. The first-order chi connectivity index (χ1) is 17.6. The monoisotopic (exact) mass is 491 g/mol. The second-order valence-electron chi connectivity index (χ2n) is 9.34. The zero-order valence-electron chi connectivity index (χ0n) is 19.3. The van der Waals surface area contributed by atoms with Crippen LogP contribution in [-0.2, 0) is 9.59 Å². The molecule has 8 rings (SSSR count). The number of nitrogens with zero attached hydrogens (tertiary/aromatic N) is 4. The van der Waals surface area contributed by atoms with Crippen LogP contribution in [0.5, 0.6) is 0 Å². The van der Waals surface area contributed by atoms with Crippen LogP contribution in [0, 0.1) is 18.8 Å². The standard InChI is InChI=1S/C28H21N5O2S/c1-15-26(31-30-16-9-3-2-4-10-16)36-28(29-15)33-27(35)24-22-19-13-7-5-11-17(19)21(23(24)25(34)32-33)18-12-6-8-14-20(18)22/h2-14,21-24H,1H3,(H,32,34). The van der Waals surface area contributed by atoms with Gasteiger partial charge in [-0.05, 0) is 41.3 Å². The van der Waals surface area contributed by atoms with Gasteiger partial charge in [0.15, 0.2) is 5.00 Å². The molecular weight excluding hydrogens is 470 g/mol. The van der Waals surface area contributed by atoms with Crippen molar-refractivity contribution in [3.63, 3.8) is 0 Å². The van der Waals surface area contributed by atoms with Gasteiger partial charge in [0, 0.05) is 11.8 Å². The Morgan fingerprint density at radius 1 is 0.778 bits per heavy atom. The number of hydrazine groups is 1. The fraction of sp³-hybridized carbons (Fsp3) is 0.179. The summed E-state index contributed by atoms with van der Waals surface area (Å²) in [6.45, 7) is 1.83. The maximum absolute atomic E-state index is 14.0. The van der Waals surface area contributed by atoms with Gasteiger partial charge in [0.2, 0.25) is 11.0 Å². The number of hydrogen-bond donors (Lipinski definition) is 1. The van der Waals surface area contributed by atoms with Crippen molar-refractivity contribution in [2.45, 2.75) is 18.8 Å². The van der Waals surface area contributed by atoms with Gasteiger partial charge in [-0.25, -0.2) is 4.98 Å². The molecule has 36 heavy (non-hydrogen) atoms. The summed E-state index contributed by atoms with van der Waals surface area (Å²) in [5, 5.41) is 10.9. The fourth-order valence-corrected chi connectivity index (χ4v) is 6.84. The van der Waals surface area contributed by atoms with E-state index in [0.29, 0.717) is 15.8 Å². The van der Waals surface area contributed by atoms with Crippen molar-refractivity contribution in [1.29, 1.82) is 0 Å². The van der Waals surface area contributed by atoms with Gasteiger partial charge < -0.3 is 0 Å². The van der Waals surface area contributed by atoms with Crippen molar-refractivity contribution in [3.05, 3.63) is 107 Å². The van der Waals surface area contributed by atoms with E-state index in [4.69, 9.17) is 0 Å². The zero-order chi connectivity index (χ0) is 24.4. The van der Waals surface area contributed by atoms with Crippen LogP contribution in [0.2, 0.25) is 0 Å². The Bertz CT molecular complexity index is 1520. The maximum atomic E-state index is 14.0. The Kier molecular flexibility index (Phi) is 4.65. The normalized spacial score (nSPS) is 23.9. The van der Waals surface area contributed by atoms with Gasteiger partial charge >= 0.3 is 0 Å². The molecular formula is C28H21N5O2S. The number of benzene rings is 3. The first kappa shape index (κ1) is 21.1. The number of nitrogens with one attached hydrogen (secondary N) is 1. The molecule has 1 aromatic heterocycles. The molecule has 2 heterocycles. The average Bonchev–Trinajstić information content (AvgIpc) is 3.29. The average molecular weight is 492 g/mol. The molecule has 2 bridgehead atoms. The Morgan fingerprint density at radius 3 is 1.94 bits per heavy atom. The highest BCUT2D eigenvalue weighted by atomic mass is 32.1. The molecule has 8 heteroatoms. The third-order valence-corrected chi connectivity index (χ3v) is 8.46. The lowest BCUT2D eigenvalue weighted by molar-refractivity contribution is -0.142. The summed E-state index contributed by atoms with van der Waals surface area (Å²) in [5.74, 6) is -1.56. The van der Waals surface area contributed by atoms with Crippen molar-refractivity contribution in [2.24, 2.45) is 22.1 Å². The molecule has 1 N–H and O–H groups in total.